The summed E-state index contributed by atoms with van der Waals surface area (Å²) in [4.78, 5) is 0. The van der Waals surface area contributed by atoms with Crippen LogP contribution in [0.5, 0.6) is 0 Å². The lowest BCUT2D eigenvalue weighted by Gasteiger charge is -1.89. The van der Waals surface area contributed by atoms with Gasteiger partial charge in [0.2, 0.25) is 0 Å². The van der Waals surface area contributed by atoms with E-state index in [1.54, 1.807) is 22.4 Å². The molecule has 0 aliphatic carbocycles. The summed E-state index contributed by atoms with van der Waals surface area (Å²) in [6.07, 6.45) is 7.27. The minimum atomic E-state index is 1.07. The molecular weight excluding hydrogens is 440 g/mol. The maximum absolute atomic E-state index is 4.08. The maximum Gasteiger partial charge on any atom is 0.0902 e. The quantitative estimate of drug-likeness (QED) is 0.246. The molecule has 0 saturated carbocycles. The molecule has 0 atom stereocenters. The van der Waals surface area contributed by atoms with Gasteiger partial charge in [0.25, 0.3) is 0 Å². The summed E-state index contributed by atoms with van der Waals surface area (Å²) in [5, 5.41) is 17.3. The molecule has 6 rings (SSSR count). The maximum atomic E-state index is 4.08. The highest BCUT2D eigenvalue weighted by Gasteiger charge is 1.96. The molecule has 4 heterocycles. The van der Waals surface area contributed by atoms with E-state index in [4.69, 9.17) is 0 Å². The summed E-state index contributed by atoms with van der Waals surface area (Å²) in [6.45, 7) is 14.2. The molecule has 0 aliphatic heterocycles. The minimum absolute atomic E-state index is 1.07. The van der Waals surface area contributed by atoms with Crippen molar-refractivity contribution in [3.63, 3.8) is 0 Å². The third kappa shape index (κ3) is 7.22. The minimum Gasteiger partial charge on any atom is -0.278 e. The van der Waals surface area contributed by atoms with Crippen LogP contribution >= 0.6 is 11.5 Å². The highest BCUT2D eigenvalue weighted by Crippen LogP contribution is 2.18. The molecule has 0 aliphatic rings. The van der Waals surface area contributed by atoms with Crippen molar-refractivity contribution in [2.45, 2.75) is 48.5 Å². The van der Waals surface area contributed by atoms with Crippen LogP contribution in [0.15, 0.2) is 73.3 Å². The van der Waals surface area contributed by atoms with Crippen molar-refractivity contribution >= 4 is 38.0 Å². The fraction of sp³-hybridized carbons (Fsp3) is 0.259. The first-order chi connectivity index (χ1) is 16.6. The Bertz CT molecular complexity index is 1320. The molecule has 6 aromatic rings. The number of hydrogen-bond donors (Lipinski definition) is 1. The number of fused-ring (bicyclic) bond motifs is 3. The van der Waals surface area contributed by atoms with Crippen LogP contribution in [-0.2, 0) is 0 Å². The third-order valence-corrected chi connectivity index (χ3v) is 5.38. The zero-order valence-electron chi connectivity index (χ0n) is 21.1. The lowest BCUT2D eigenvalue weighted by Crippen LogP contribution is -1.89. The van der Waals surface area contributed by atoms with Crippen molar-refractivity contribution in [2.24, 2.45) is 0 Å². The van der Waals surface area contributed by atoms with Gasteiger partial charge < -0.3 is 0 Å². The third-order valence-electron chi connectivity index (χ3n) is 4.60. The van der Waals surface area contributed by atoms with Gasteiger partial charge in [-0.1, -0.05) is 51.0 Å². The molecule has 2 aromatic carbocycles. The second-order valence-corrected chi connectivity index (χ2v) is 7.89. The second-order valence-electron chi connectivity index (χ2n) is 7.05. The number of aromatic amines is 1. The smallest absolute Gasteiger partial charge is 0.0902 e. The van der Waals surface area contributed by atoms with Crippen LogP contribution in [0.3, 0.4) is 0 Å². The molecule has 6 nitrogen and oxygen atoms in total. The van der Waals surface area contributed by atoms with Gasteiger partial charge in [-0.3, -0.25) is 5.10 Å². The van der Waals surface area contributed by atoms with Gasteiger partial charge in [-0.25, -0.2) is 0 Å². The summed E-state index contributed by atoms with van der Waals surface area (Å²) in [7, 11) is 0. The van der Waals surface area contributed by atoms with Gasteiger partial charge in [0.05, 0.1) is 28.1 Å². The Morgan fingerprint density at radius 3 is 2.21 bits per heavy atom. The van der Waals surface area contributed by atoms with Gasteiger partial charge in [-0.2, -0.15) is 24.3 Å². The number of rotatable bonds is 0. The van der Waals surface area contributed by atoms with Crippen LogP contribution in [0.2, 0.25) is 0 Å². The number of aryl methyl sites for hydroxylation is 3. The van der Waals surface area contributed by atoms with E-state index in [1.807, 2.05) is 71.4 Å². The SMILES string of the molecule is CC.CC.Cc1ccc2[nH]ncc2c1.Cc1ccc2sncc2c1.Cc1cnn2ncccc12. The molecule has 0 saturated heterocycles. The van der Waals surface area contributed by atoms with Gasteiger partial charge in [-0.05, 0) is 74.3 Å². The van der Waals surface area contributed by atoms with Crippen LogP contribution < -0.4 is 0 Å². The first kappa shape index (κ1) is 26.7. The number of H-pyrrole nitrogens is 1. The van der Waals surface area contributed by atoms with E-state index in [0.29, 0.717) is 0 Å². The van der Waals surface area contributed by atoms with Crippen molar-refractivity contribution in [3.8, 4) is 0 Å². The zero-order chi connectivity index (χ0) is 24.9. The highest BCUT2D eigenvalue weighted by atomic mass is 32.1. The fourth-order valence-corrected chi connectivity index (χ4v) is 3.63. The number of nitrogens with zero attached hydrogens (tertiary/aromatic N) is 5. The Hall–Kier alpha value is -3.58. The summed E-state index contributed by atoms with van der Waals surface area (Å²) in [5.41, 5.74) is 5.91. The average Bonchev–Trinajstić information content (AvgIpc) is 3.62. The van der Waals surface area contributed by atoms with Gasteiger partial charge in [0.15, 0.2) is 0 Å². The van der Waals surface area contributed by atoms with Crippen LogP contribution in [0.1, 0.15) is 44.4 Å². The van der Waals surface area contributed by atoms with E-state index in [0.717, 1.165) is 16.6 Å². The lowest BCUT2D eigenvalue weighted by molar-refractivity contribution is 0.800. The molecule has 7 heteroatoms. The molecule has 178 valence electrons. The topological polar surface area (TPSA) is 71.8 Å². The second kappa shape index (κ2) is 13.9. The van der Waals surface area contributed by atoms with E-state index in [2.05, 4.69) is 68.9 Å². The van der Waals surface area contributed by atoms with Crippen molar-refractivity contribution in [3.05, 3.63) is 90.0 Å². The first-order valence-electron chi connectivity index (χ1n) is 11.6. The van der Waals surface area contributed by atoms with Gasteiger partial charge >= 0.3 is 0 Å². The van der Waals surface area contributed by atoms with Crippen molar-refractivity contribution in [1.29, 1.82) is 0 Å². The molecule has 0 amide bonds. The summed E-state index contributed by atoms with van der Waals surface area (Å²) in [5.74, 6) is 0. The van der Waals surface area contributed by atoms with Crippen LogP contribution in [-0.4, -0.2) is 29.4 Å². The molecule has 0 bridgehead atoms. The van der Waals surface area contributed by atoms with Crippen molar-refractivity contribution in [2.75, 3.05) is 0 Å². The average molecular weight is 475 g/mol. The van der Waals surface area contributed by atoms with Crippen LogP contribution in [0.25, 0.3) is 26.5 Å². The zero-order valence-corrected chi connectivity index (χ0v) is 21.9. The molecule has 0 fully saturated rings. The molecule has 4 aromatic heterocycles. The predicted octanol–water partition coefficient (Wildman–Crippen LogP) is 7.57. The van der Waals surface area contributed by atoms with E-state index < -0.39 is 0 Å². The monoisotopic (exact) mass is 474 g/mol. The Kier molecular flexibility index (Phi) is 10.9. The Morgan fingerprint density at radius 2 is 1.47 bits per heavy atom. The Balaban J connectivity index is 0.000000168. The summed E-state index contributed by atoms with van der Waals surface area (Å²) < 4.78 is 6.97. The standard InChI is InChI=1S/C8H8N2.C8H7NS.C7H7N3.2C2H6/c2*1-6-2-3-8-7(4-6)5-9-10-8;1-6-5-9-10-7(6)3-2-4-8-10;2*1-2/h2-5H,1H3,(H,9,10);2*2-5H,1H3;2*1-2H3. The number of hydrogen-bond acceptors (Lipinski definition) is 5. The number of nitrogens with one attached hydrogen (secondary N) is 1. The van der Waals surface area contributed by atoms with E-state index >= 15 is 0 Å². The molecule has 0 unspecified atom stereocenters. The lowest BCUT2D eigenvalue weighted by atomic mass is 10.2. The largest absolute Gasteiger partial charge is 0.278 e. The van der Waals surface area contributed by atoms with Crippen LogP contribution in [0, 0.1) is 20.8 Å². The van der Waals surface area contributed by atoms with Crippen molar-refractivity contribution in [1.82, 2.24) is 29.4 Å². The Labute approximate surface area is 205 Å². The molecule has 1 N–H and O–H groups in total. The highest BCUT2D eigenvalue weighted by molar-refractivity contribution is 7.13. The Morgan fingerprint density at radius 1 is 0.765 bits per heavy atom. The summed E-state index contributed by atoms with van der Waals surface area (Å²) >= 11 is 1.55. The van der Waals surface area contributed by atoms with Gasteiger partial charge in [0.1, 0.15) is 0 Å². The molecule has 0 radical (unpaired) electrons. The van der Waals surface area contributed by atoms with Gasteiger partial charge in [-0.15, -0.1) is 0 Å². The normalized spacial score (nSPS) is 9.62. The molecule has 34 heavy (non-hydrogen) atoms. The van der Waals surface area contributed by atoms with Crippen LogP contribution in [0.4, 0.5) is 0 Å². The van der Waals surface area contributed by atoms with Gasteiger partial charge in [0, 0.05) is 23.2 Å². The first-order valence-corrected chi connectivity index (χ1v) is 12.3. The predicted molar refractivity (Wildman–Crippen MR) is 146 cm³/mol. The van der Waals surface area contributed by atoms with E-state index in [9.17, 15) is 0 Å². The summed E-state index contributed by atoms with van der Waals surface area (Å²) in [6, 6.07) is 16.5. The number of benzene rings is 2. The van der Waals surface area contributed by atoms with E-state index in [-0.39, 0.29) is 0 Å². The molecule has 0 spiro atoms. The number of aromatic nitrogens is 6. The van der Waals surface area contributed by atoms with Crippen molar-refractivity contribution < 1.29 is 0 Å². The molecular formula is C27H34N6S. The fourth-order valence-electron chi connectivity index (χ4n) is 3.01. The van der Waals surface area contributed by atoms with E-state index in [1.165, 1.54) is 26.6 Å².